The Balaban J connectivity index is 3.07. The third kappa shape index (κ3) is 8.06. The van der Waals surface area contributed by atoms with Crippen molar-refractivity contribution in [2.45, 2.75) is 6.17 Å². The van der Waals surface area contributed by atoms with Gasteiger partial charge < -0.3 is 22.1 Å². The highest BCUT2D eigenvalue weighted by atomic mass is 15.6. The van der Waals surface area contributed by atoms with E-state index < -0.39 is 0 Å². The van der Waals surface area contributed by atoms with Crippen LogP contribution in [0.1, 0.15) is 0 Å². The van der Waals surface area contributed by atoms with Gasteiger partial charge in [0.15, 0.2) is 0 Å². The van der Waals surface area contributed by atoms with Gasteiger partial charge in [0.1, 0.15) is 0 Å². The molecule has 1 atom stereocenters. The van der Waals surface area contributed by atoms with Crippen molar-refractivity contribution < 1.29 is 0 Å². The maximum Gasteiger partial charge on any atom is 0.0987 e. The molecule has 0 rings (SSSR count). The lowest BCUT2D eigenvalue weighted by molar-refractivity contribution is 0.205. The summed E-state index contributed by atoms with van der Waals surface area (Å²) in [4.78, 5) is 0. The maximum absolute atomic E-state index is 5.53. The Kier molecular flexibility index (Phi) is 8.14. The van der Waals surface area contributed by atoms with Gasteiger partial charge in [-0.3, -0.25) is 11.7 Å². The highest BCUT2D eigenvalue weighted by molar-refractivity contribution is 4.59. The fourth-order valence-corrected chi connectivity index (χ4v) is 0.759. The van der Waals surface area contributed by atoms with Crippen LogP contribution in [0.2, 0.25) is 0 Å². The average molecular weight is 191 g/mol. The van der Waals surface area contributed by atoms with Crippen LogP contribution in [0, 0.1) is 0 Å². The molecular formula is C6H21N7. The van der Waals surface area contributed by atoms with Crippen LogP contribution < -0.4 is 33.8 Å². The zero-order valence-corrected chi connectivity index (χ0v) is 7.87. The van der Waals surface area contributed by atoms with Gasteiger partial charge in [0, 0.05) is 32.7 Å². The molecule has 0 radical (unpaired) electrons. The predicted octanol–water partition coefficient (Wildman–Crippen LogP) is -3.54. The molecule has 0 aliphatic heterocycles. The molecule has 0 spiro atoms. The van der Waals surface area contributed by atoms with E-state index >= 15 is 0 Å². The molecule has 13 heavy (non-hydrogen) atoms. The summed E-state index contributed by atoms with van der Waals surface area (Å²) in [5, 5.41) is 7.22. The maximum atomic E-state index is 5.53. The minimum absolute atomic E-state index is 0.352. The smallest absolute Gasteiger partial charge is 0.0987 e. The molecule has 0 bridgehead atoms. The number of hydrogen-bond acceptors (Lipinski definition) is 7. The third-order valence-electron chi connectivity index (χ3n) is 1.54. The molecule has 10 N–H and O–H groups in total. The first kappa shape index (κ1) is 12.7. The van der Waals surface area contributed by atoms with Crippen molar-refractivity contribution >= 4 is 0 Å². The van der Waals surface area contributed by atoms with E-state index in [-0.39, 0.29) is 6.17 Å². The van der Waals surface area contributed by atoms with E-state index in [0.29, 0.717) is 13.1 Å². The second kappa shape index (κ2) is 8.32. The first-order valence-corrected chi connectivity index (χ1v) is 4.34. The Hall–Kier alpha value is -0.280. The lowest BCUT2D eigenvalue weighted by Crippen LogP contribution is -2.56. The van der Waals surface area contributed by atoms with Crippen molar-refractivity contribution in [1.82, 2.24) is 15.8 Å². The molecular weight excluding hydrogens is 170 g/mol. The molecule has 0 aliphatic rings. The normalized spacial score (nSPS) is 13.6. The van der Waals surface area contributed by atoms with E-state index in [1.165, 1.54) is 0 Å². The Morgan fingerprint density at radius 3 is 2.23 bits per heavy atom. The van der Waals surface area contributed by atoms with Crippen molar-refractivity contribution in [3.05, 3.63) is 0 Å². The first-order valence-electron chi connectivity index (χ1n) is 4.34. The largest absolute Gasteiger partial charge is 0.329 e. The van der Waals surface area contributed by atoms with Gasteiger partial charge in [0.2, 0.25) is 0 Å². The molecule has 0 saturated heterocycles. The van der Waals surface area contributed by atoms with E-state index in [9.17, 15) is 0 Å². The summed E-state index contributed by atoms with van der Waals surface area (Å²) in [6.07, 6.45) is -0.352. The van der Waals surface area contributed by atoms with Gasteiger partial charge >= 0.3 is 0 Å². The van der Waals surface area contributed by atoms with Gasteiger partial charge in [-0.05, 0) is 0 Å². The fraction of sp³-hybridized carbons (Fsp3) is 1.00. The predicted molar refractivity (Wildman–Crippen MR) is 53.0 cm³/mol. The standard InChI is InChI=1S/C6H21N7/c7-1-2-11-3-4-12-5-6(8)13(9)10/h6,11-12H,1-5,7-10H2. The van der Waals surface area contributed by atoms with Crippen molar-refractivity contribution in [2.24, 2.45) is 23.2 Å². The topological polar surface area (TPSA) is 131 Å². The fourth-order valence-electron chi connectivity index (χ4n) is 0.759. The summed E-state index contributed by atoms with van der Waals surface area (Å²) >= 11 is 0. The molecule has 7 nitrogen and oxygen atoms in total. The van der Waals surface area contributed by atoms with Crippen LogP contribution >= 0.6 is 0 Å². The molecule has 0 aromatic rings. The van der Waals surface area contributed by atoms with E-state index in [4.69, 9.17) is 23.2 Å². The molecule has 0 saturated carbocycles. The van der Waals surface area contributed by atoms with Crippen LogP contribution in [-0.2, 0) is 0 Å². The van der Waals surface area contributed by atoms with Gasteiger partial charge in [-0.1, -0.05) is 0 Å². The van der Waals surface area contributed by atoms with Crippen molar-refractivity contribution in [2.75, 3.05) is 32.7 Å². The van der Waals surface area contributed by atoms with Crippen molar-refractivity contribution in [1.29, 1.82) is 0 Å². The molecule has 7 heteroatoms. The zero-order chi connectivity index (χ0) is 10.1. The van der Waals surface area contributed by atoms with Crippen LogP contribution in [-0.4, -0.2) is 44.0 Å². The molecule has 0 aromatic heterocycles. The van der Waals surface area contributed by atoms with Crippen LogP contribution in [0.4, 0.5) is 0 Å². The van der Waals surface area contributed by atoms with Crippen molar-refractivity contribution in [3.8, 4) is 0 Å². The number of nitrogens with two attached hydrogens (primary N) is 4. The summed E-state index contributed by atoms with van der Waals surface area (Å²) in [6.45, 7) is 3.73. The summed E-state index contributed by atoms with van der Waals surface area (Å²) in [5.74, 6) is 10.4. The molecule has 0 amide bonds. The summed E-state index contributed by atoms with van der Waals surface area (Å²) in [5.41, 5.74) is 10.8. The monoisotopic (exact) mass is 191 g/mol. The van der Waals surface area contributed by atoms with Gasteiger partial charge in [-0.15, -0.1) is 0 Å². The molecule has 0 fully saturated rings. The van der Waals surface area contributed by atoms with E-state index in [0.717, 1.165) is 24.8 Å². The Labute approximate surface area is 78.7 Å². The number of nitrogens with zero attached hydrogens (tertiary/aromatic N) is 1. The number of hydrogen-bond donors (Lipinski definition) is 6. The van der Waals surface area contributed by atoms with Crippen LogP contribution in [0.25, 0.3) is 0 Å². The lowest BCUT2D eigenvalue weighted by Gasteiger charge is -2.18. The van der Waals surface area contributed by atoms with Crippen LogP contribution in [0.15, 0.2) is 0 Å². The van der Waals surface area contributed by atoms with Crippen LogP contribution in [0.5, 0.6) is 0 Å². The molecule has 0 aliphatic carbocycles. The molecule has 1 unspecified atom stereocenters. The van der Waals surface area contributed by atoms with Crippen molar-refractivity contribution in [3.63, 3.8) is 0 Å². The van der Waals surface area contributed by atoms with E-state index in [2.05, 4.69) is 10.6 Å². The highest BCUT2D eigenvalue weighted by Crippen LogP contribution is 1.72. The Morgan fingerprint density at radius 1 is 1.08 bits per heavy atom. The zero-order valence-electron chi connectivity index (χ0n) is 7.87. The Morgan fingerprint density at radius 2 is 1.69 bits per heavy atom. The molecule has 0 aromatic carbocycles. The molecule has 0 heterocycles. The van der Waals surface area contributed by atoms with Gasteiger partial charge in [0.05, 0.1) is 6.17 Å². The summed E-state index contributed by atoms with van der Waals surface area (Å²) < 4.78 is 0. The second-order valence-electron chi connectivity index (χ2n) is 2.76. The van der Waals surface area contributed by atoms with E-state index in [1.807, 2.05) is 0 Å². The summed E-state index contributed by atoms with van der Waals surface area (Å²) in [6, 6.07) is 0. The number of hydrazine groups is 2. The Bertz CT molecular complexity index is 107. The lowest BCUT2D eigenvalue weighted by atomic mass is 10.5. The number of nitrogens with one attached hydrogen (secondary N) is 2. The minimum Gasteiger partial charge on any atom is -0.329 e. The second-order valence-corrected chi connectivity index (χ2v) is 2.76. The van der Waals surface area contributed by atoms with Gasteiger partial charge in [-0.2, -0.15) is 5.12 Å². The van der Waals surface area contributed by atoms with E-state index in [1.54, 1.807) is 0 Å². The minimum atomic E-state index is -0.352. The molecule has 80 valence electrons. The third-order valence-corrected chi connectivity index (χ3v) is 1.54. The average Bonchev–Trinajstić information content (AvgIpc) is 2.10. The van der Waals surface area contributed by atoms with Crippen LogP contribution in [0.3, 0.4) is 0 Å². The van der Waals surface area contributed by atoms with Gasteiger partial charge in [0.25, 0.3) is 0 Å². The number of rotatable bonds is 8. The SMILES string of the molecule is NCCNCCNCC(N)N(N)N. The quantitative estimate of drug-likeness (QED) is 0.101. The highest BCUT2D eigenvalue weighted by Gasteiger charge is 2.03. The first-order chi connectivity index (χ1) is 6.18. The van der Waals surface area contributed by atoms with Gasteiger partial charge in [-0.25, -0.2) is 0 Å². The summed E-state index contributed by atoms with van der Waals surface area (Å²) in [7, 11) is 0.